The van der Waals surface area contributed by atoms with Crippen molar-refractivity contribution in [2.24, 2.45) is 0 Å². The van der Waals surface area contributed by atoms with Crippen LogP contribution in [0.1, 0.15) is 18.4 Å². The fourth-order valence-electron chi connectivity index (χ4n) is 1.65. The molecule has 1 aliphatic rings. The van der Waals surface area contributed by atoms with Crippen LogP contribution in [0.5, 0.6) is 0 Å². The second kappa shape index (κ2) is 3.21. The number of hydrogen-bond acceptors (Lipinski definition) is 1. The van der Waals surface area contributed by atoms with Gasteiger partial charge in [-0.2, -0.15) is 0 Å². The van der Waals surface area contributed by atoms with E-state index in [4.69, 9.17) is 0 Å². The average Bonchev–Trinajstić information content (AvgIpc) is 2.53. The maximum atomic E-state index is 11.4. The topological polar surface area (TPSA) is 20.3 Å². The third-order valence-electron chi connectivity index (χ3n) is 2.42. The lowest BCUT2D eigenvalue weighted by Gasteiger charge is -2.15. The number of carbonyl (C=O) groups is 1. The second-order valence-electron chi connectivity index (χ2n) is 3.48. The van der Waals surface area contributed by atoms with Crippen LogP contribution in [0.2, 0.25) is 0 Å². The maximum absolute atomic E-state index is 11.4. The van der Waals surface area contributed by atoms with Crippen LogP contribution in [-0.4, -0.2) is 12.5 Å². The summed E-state index contributed by atoms with van der Waals surface area (Å²) in [5.41, 5.74) is 2.27. The van der Waals surface area contributed by atoms with Crippen molar-refractivity contribution < 1.29 is 4.79 Å². The highest BCUT2D eigenvalue weighted by atomic mass is 16.2. The van der Waals surface area contributed by atoms with E-state index in [0.29, 0.717) is 6.42 Å². The third-order valence-corrected chi connectivity index (χ3v) is 2.42. The van der Waals surface area contributed by atoms with E-state index in [1.807, 2.05) is 29.2 Å². The molecule has 0 aliphatic carbocycles. The predicted molar refractivity (Wildman–Crippen MR) is 52.8 cm³/mol. The summed E-state index contributed by atoms with van der Waals surface area (Å²) in [6.07, 6.45) is 1.70. The van der Waals surface area contributed by atoms with E-state index in [2.05, 4.69) is 6.92 Å². The number of hydrogen-bond donors (Lipinski definition) is 0. The first-order valence-corrected chi connectivity index (χ1v) is 4.64. The highest BCUT2D eigenvalue weighted by molar-refractivity contribution is 5.95. The molecule has 13 heavy (non-hydrogen) atoms. The minimum Gasteiger partial charge on any atom is -0.312 e. The van der Waals surface area contributed by atoms with E-state index in [1.165, 1.54) is 5.56 Å². The van der Waals surface area contributed by atoms with Gasteiger partial charge in [0, 0.05) is 18.7 Å². The molecule has 2 heteroatoms. The van der Waals surface area contributed by atoms with Crippen molar-refractivity contribution >= 4 is 11.6 Å². The van der Waals surface area contributed by atoms with Gasteiger partial charge in [-0.05, 0) is 25.5 Å². The normalized spacial score (nSPS) is 16.7. The molecule has 0 atom stereocenters. The van der Waals surface area contributed by atoms with Gasteiger partial charge in [0.15, 0.2) is 0 Å². The number of carbonyl (C=O) groups excluding carboxylic acids is 1. The molecule has 2 rings (SSSR count). The third kappa shape index (κ3) is 1.57. The van der Waals surface area contributed by atoms with E-state index >= 15 is 0 Å². The molecule has 1 saturated heterocycles. The van der Waals surface area contributed by atoms with Crippen LogP contribution in [0.4, 0.5) is 5.69 Å². The van der Waals surface area contributed by atoms with Crippen molar-refractivity contribution in [2.45, 2.75) is 19.8 Å². The molecule has 0 aromatic heterocycles. The summed E-state index contributed by atoms with van der Waals surface area (Å²) in [7, 11) is 0. The maximum Gasteiger partial charge on any atom is 0.227 e. The summed E-state index contributed by atoms with van der Waals surface area (Å²) in [5, 5.41) is 0. The van der Waals surface area contributed by atoms with E-state index in [0.717, 1.165) is 18.7 Å². The minimum absolute atomic E-state index is 0.254. The van der Waals surface area contributed by atoms with Crippen molar-refractivity contribution in [3.8, 4) is 0 Å². The van der Waals surface area contributed by atoms with E-state index in [1.54, 1.807) is 0 Å². The van der Waals surface area contributed by atoms with Gasteiger partial charge >= 0.3 is 0 Å². The summed E-state index contributed by atoms with van der Waals surface area (Å²) >= 11 is 0. The Hall–Kier alpha value is -1.31. The molecule has 0 N–H and O–H groups in total. The first kappa shape index (κ1) is 8.30. The molecule has 0 spiro atoms. The quantitative estimate of drug-likeness (QED) is 0.640. The van der Waals surface area contributed by atoms with Gasteiger partial charge in [0.25, 0.3) is 0 Å². The van der Waals surface area contributed by atoms with Crippen LogP contribution in [0.25, 0.3) is 0 Å². The summed E-state index contributed by atoms with van der Waals surface area (Å²) < 4.78 is 0. The fourth-order valence-corrected chi connectivity index (χ4v) is 1.65. The molecule has 0 saturated carbocycles. The van der Waals surface area contributed by atoms with Crippen LogP contribution in [0, 0.1) is 6.92 Å². The van der Waals surface area contributed by atoms with E-state index < -0.39 is 0 Å². The zero-order valence-electron chi connectivity index (χ0n) is 7.79. The predicted octanol–water partition coefficient (Wildman–Crippen LogP) is 2.12. The van der Waals surface area contributed by atoms with Crippen LogP contribution in [0.15, 0.2) is 24.3 Å². The molecular formula is C11H13NO. The van der Waals surface area contributed by atoms with Crippen molar-refractivity contribution in [1.82, 2.24) is 0 Å². The van der Waals surface area contributed by atoms with Crippen LogP contribution >= 0.6 is 0 Å². The minimum atomic E-state index is 0.254. The summed E-state index contributed by atoms with van der Waals surface area (Å²) in [6, 6.07) is 8.11. The van der Waals surface area contributed by atoms with Crippen LogP contribution < -0.4 is 4.90 Å². The van der Waals surface area contributed by atoms with Gasteiger partial charge in [0.05, 0.1) is 0 Å². The number of aryl methyl sites for hydroxylation is 1. The van der Waals surface area contributed by atoms with Gasteiger partial charge in [0.1, 0.15) is 0 Å². The van der Waals surface area contributed by atoms with Crippen molar-refractivity contribution in [1.29, 1.82) is 0 Å². The lowest BCUT2D eigenvalue weighted by molar-refractivity contribution is -0.117. The molecule has 1 heterocycles. The first-order chi connectivity index (χ1) is 6.27. The summed E-state index contributed by atoms with van der Waals surface area (Å²) in [4.78, 5) is 13.2. The Morgan fingerprint density at radius 1 is 1.23 bits per heavy atom. The molecule has 1 fully saturated rings. The zero-order chi connectivity index (χ0) is 9.26. The highest BCUT2D eigenvalue weighted by Crippen LogP contribution is 2.21. The lowest BCUT2D eigenvalue weighted by atomic mass is 10.2. The lowest BCUT2D eigenvalue weighted by Crippen LogP contribution is -2.23. The Kier molecular flexibility index (Phi) is 2.05. The highest BCUT2D eigenvalue weighted by Gasteiger charge is 2.20. The molecule has 0 unspecified atom stereocenters. The Morgan fingerprint density at radius 2 is 1.92 bits per heavy atom. The second-order valence-corrected chi connectivity index (χ2v) is 3.48. The van der Waals surface area contributed by atoms with Crippen molar-refractivity contribution in [3.05, 3.63) is 29.8 Å². The number of rotatable bonds is 1. The van der Waals surface area contributed by atoms with Gasteiger partial charge in [-0.1, -0.05) is 17.7 Å². The summed E-state index contributed by atoms with van der Waals surface area (Å²) in [5.74, 6) is 0.254. The van der Waals surface area contributed by atoms with E-state index in [9.17, 15) is 4.79 Å². The molecule has 0 radical (unpaired) electrons. The molecule has 68 valence electrons. The Labute approximate surface area is 78.2 Å². The van der Waals surface area contributed by atoms with E-state index in [-0.39, 0.29) is 5.91 Å². The smallest absolute Gasteiger partial charge is 0.227 e. The van der Waals surface area contributed by atoms with Crippen LogP contribution in [-0.2, 0) is 4.79 Å². The Balaban J connectivity index is 2.25. The molecule has 1 aromatic rings. The monoisotopic (exact) mass is 175 g/mol. The number of amides is 1. The van der Waals surface area contributed by atoms with Gasteiger partial charge in [-0.25, -0.2) is 0 Å². The van der Waals surface area contributed by atoms with Crippen molar-refractivity contribution in [2.75, 3.05) is 11.4 Å². The van der Waals surface area contributed by atoms with Gasteiger partial charge < -0.3 is 4.90 Å². The molecule has 0 bridgehead atoms. The van der Waals surface area contributed by atoms with Gasteiger partial charge in [-0.15, -0.1) is 0 Å². The Morgan fingerprint density at radius 3 is 2.46 bits per heavy atom. The molecule has 1 amide bonds. The fraction of sp³-hybridized carbons (Fsp3) is 0.364. The number of benzene rings is 1. The molecule has 1 aliphatic heterocycles. The SMILES string of the molecule is Cc1ccc(N2CCCC2=O)cc1. The summed E-state index contributed by atoms with van der Waals surface area (Å²) in [6.45, 7) is 2.93. The van der Waals surface area contributed by atoms with Gasteiger partial charge in [-0.3, -0.25) is 4.79 Å². The average molecular weight is 175 g/mol. The standard InChI is InChI=1S/C11H13NO/c1-9-4-6-10(7-5-9)12-8-2-3-11(12)13/h4-7H,2-3,8H2,1H3. The van der Waals surface area contributed by atoms with Gasteiger partial charge in [0.2, 0.25) is 5.91 Å². The zero-order valence-corrected chi connectivity index (χ0v) is 7.79. The Bertz CT molecular complexity index is 315. The number of anilines is 1. The molecular weight excluding hydrogens is 162 g/mol. The largest absolute Gasteiger partial charge is 0.312 e. The molecule has 2 nitrogen and oxygen atoms in total. The van der Waals surface area contributed by atoms with Crippen molar-refractivity contribution in [3.63, 3.8) is 0 Å². The van der Waals surface area contributed by atoms with Crippen LogP contribution in [0.3, 0.4) is 0 Å². The molecule has 1 aromatic carbocycles. The number of nitrogens with zero attached hydrogens (tertiary/aromatic N) is 1. The first-order valence-electron chi connectivity index (χ1n) is 4.64.